The molecule has 0 spiro atoms. The fourth-order valence-electron chi connectivity index (χ4n) is 2.00. The first-order chi connectivity index (χ1) is 11.5. The van der Waals surface area contributed by atoms with Gasteiger partial charge in [0.1, 0.15) is 11.3 Å². The van der Waals surface area contributed by atoms with E-state index < -0.39 is 24.6 Å². The van der Waals surface area contributed by atoms with Gasteiger partial charge in [-0.3, -0.25) is 14.9 Å². The highest BCUT2D eigenvalue weighted by molar-refractivity contribution is 5.93. The molecule has 0 unspecified atom stereocenters. The molecule has 1 N–H and O–H groups in total. The van der Waals surface area contributed by atoms with Gasteiger partial charge in [-0.15, -0.1) is 0 Å². The number of ether oxygens (including phenoxy) is 3. The third-order valence-electron chi connectivity index (χ3n) is 3.08. The van der Waals surface area contributed by atoms with Gasteiger partial charge in [-0.1, -0.05) is 0 Å². The third kappa shape index (κ3) is 4.48. The lowest BCUT2D eigenvalue weighted by Crippen LogP contribution is -2.34. The summed E-state index contributed by atoms with van der Waals surface area (Å²) in [4.78, 5) is 34.2. The SMILES string of the molecule is CCOC(=O)NC(=O)COC(=O)Cc1coc2cc(OC)ccc12. The maximum atomic E-state index is 11.8. The number of rotatable bonds is 6. The number of furan rings is 1. The summed E-state index contributed by atoms with van der Waals surface area (Å²) in [6.07, 6.45) is 0.504. The molecule has 0 saturated heterocycles. The number of carbonyl (C=O) groups is 3. The van der Waals surface area contributed by atoms with Crippen LogP contribution in [0.1, 0.15) is 12.5 Å². The molecule has 0 saturated carbocycles. The standard InChI is InChI=1S/C16H17NO7/c1-3-22-16(20)17-14(18)9-24-15(19)6-10-8-23-13-7-11(21-2)4-5-12(10)13/h4-5,7-8H,3,6,9H2,1-2H3,(H,17,18,20). The highest BCUT2D eigenvalue weighted by Crippen LogP contribution is 2.25. The normalized spacial score (nSPS) is 10.2. The molecule has 0 bridgehead atoms. The molecule has 0 aliphatic carbocycles. The summed E-state index contributed by atoms with van der Waals surface area (Å²) in [5.74, 6) is -0.738. The fraction of sp³-hybridized carbons (Fsp3) is 0.312. The predicted octanol–water partition coefficient (Wildman–Crippen LogP) is 1.80. The minimum absolute atomic E-state index is 0.0635. The fourth-order valence-corrected chi connectivity index (χ4v) is 2.00. The Hall–Kier alpha value is -3.03. The summed E-state index contributed by atoms with van der Waals surface area (Å²) in [6, 6.07) is 5.23. The van der Waals surface area contributed by atoms with E-state index in [9.17, 15) is 14.4 Å². The number of methoxy groups -OCH3 is 1. The van der Waals surface area contributed by atoms with Crippen LogP contribution >= 0.6 is 0 Å². The zero-order valence-electron chi connectivity index (χ0n) is 13.3. The van der Waals surface area contributed by atoms with Gasteiger partial charge in [0.25, 0.3) is 5.91 Å². The predicted molar refractivity (Wildman–Crippen MR) is 82.6 cm³/mol. The summed E-state index contributed by atoms with van der Waals surface area (Å²) in [5.41, 5.74) is 1.21. The van der Waals surface area contributed by atoms with E-state index in [-0.39, 0.29) is 13.0 Å². The van der Waals surface area contributed by atoms with Crippen molar-refractivity contribution in [3.63, 3.8) is 0 Å². The summed E-state index contributed by atoms with van der Waals surface area (Å²) < 4.78 is 19.8. The van der Waals surface area contributed by atoms with E-state index in [1.54, 1.807) is 32.2 Å². The molecular formula is C16H17NO7. The Bertz CT molecular complexity index is 750. The van der Waals surface area contributed by atoms with Gasteiger partial charge in [-0.25, -0.2) is 4.79 Å². The van der Waals surface area contributed by atoms with Crippen LogP contribution in [0.2, 0.25) is 0 Å². The third-order valence-corrected chi connectivity index (χ3v) is 3.08. The molecule has 128 valence electrons. The number of alkyl carbamates (subject to hydrolysis) is 1. The van der Waals surface area contributed by atoms with Crippen LogP contribution in [0.5, 0.6) is 5.75 Å². The van der Waals surface area contributed by atoms with Crippen molar-refractivity contribution in [2.24, 2.45) is 0 Å². The molecule has 1 aromatic carbocycles. The Balaban J connectivity index is 1.88. The summed E-state index contributed by atoms with van der Waals surface area (Å²) >= 11 is 0. The van der Waals surface area contributed by atoms with Crippen molar-refractivity contribution in [3.8, 4) is 5.75 Å². The van der Waals surface area contributed by atoms with E-state index in [2.05, 4.69) is 4.74 Å². The largest absolute Gasteiger partial charge is 0.497 e. The molecule has 0 aliphatic rings. The van der Waals surface area contributed by atoms with Gasteiger partial charge in [0.2, 0.25) is 0 Å². The first-order valence-electron chi connectivity index (χ1n) is 7.19. The number of benzene rings is 1. The van der Waals surface area contributed by atoms with E-state index in [0.717, 1.165) is 5.39 Å². The van der Waals surface area contributed by atoms with Crippen LogP contribution in [0.25, 0.3) is 11.0 Å². The molecule has 0 aliphatic heterocycles. The molecule has 1 heterocycles. The minimum atomic E-state index is -0.881. The van der Waals surface area contributed by atoms with Crippen molar-refractivity contribution in [2.75, 3.05) is 20.3 Å². The summed E-state index contributed by atoms with van der Waals surface area (Å²) in [5, 5.41) is 2.68. The van der Waals surface area contributed by atoms with Gasteiger partial charge in [-0.05, 0) is 19.1 Å². The van der Waals surface area contributed by atoms with Crippen LogP contribution in [-0.4, -0.2) is 38.3 Å². The van der Waals surface area contributed by atoms with E-state index in [1.165, 1.54) is 6.26 Å². The van der Waals surface area contributed by atoms with Gasteiger partial charge in [0.05, 0.1) is 26.4 Å². The molecule has 2 amide bonds. The quantitative estimate of drug-likeness (QED) is 0.803. The van der Waals surface area contributed by atoms with Gasteiger partial charge < -0.3 is 18.6 Å². The maximum Gasteiger partial charge on any atom is 0.413 e. The number of amides is 2. The lowest BCUT2D eigenvalue weighted by atomic mass is 10.1. The highest BCUT2D eigenvalue weighted by Gasteiger charge is 2.15. The van der Waals surface area contributed by atoms with Crippen LogP contribution in [-0.2, 0) is 25.5 Å². The molecule has 0 fully saturated rings. The Morgan fingerprint density at radius 3 is 2.71 bits per heavy atom. The first-order valence-corrected chi connectivity index (χ1v) is 7.19. The van der Waals surface area contributed by atoms with Crippen LogP contribution in [0, 0.1) is 0 Å². The van der Waals surface area contributed by atoms with Crippen LogP contribution in [0.3, 0.4) is 0 Å². The zero-order chi connectivity index (χ0) is 17.5. The average Bonchev–Trinajstić information content (AvgIpc) is 2.95. The van der Waals surface area contributed by atoms with Crippen molar-refractivity contribution in [2.45, 2.75) is 13.3 Å². The number of imide groups is 1. The molecule has 2 aromatic rings. The van der Waals surface area contributed by atoms with Crippen LogP contribution in [0.4, 0.5) is 4.79 Å². The van der Waals surface area contributed by atoms with Gasteiger partial charge in [0.15, 0.2) is 6.61 Å². The summed E-state index contributed by atoms with van der Waals surface area (Å²) in [6.45, 7) is 1.17. The monoisotopic (exact) mass is 335 g/mol. The van der Waals surface area contributed by atoms with E-state index in [4.69, 9.17) is 13.9 Å². The van der Waals surface area contributed by atoms with Crippen molar-refractivity contribution in [1.29, 1.82) is 0 Å². The molecule has 24 heavy (non-hydrogen) atoms. The second-order valence-electron chi connectivity index (χ2n) is 4.73. The first kappa shape index (κ1) is 17.3. The Morgan fingerprint density at radius 1 is 1.21 bits per heavy atom. The molecule has 2 rings (SSSR count). The molecule has 8 nitrogen and oxygen atoms in total. The zero-order valence-corrected chi connectivity index (χ0v) is 13.3. The lowest BCUT2D eigenvalue weighted by Gasteiger charge is -2.05. The second kappa shape index (κ2) is 8.00. The minimum Gasteiger partial charge on any atom is -0.497 e. The van der Waals surface area contributed by atoms with Crippen molar-refractivity contribution < 1.29 is 33.0 Å². The van der Waals surface area contributed by atoms with Crippen molar-refractivity contribution >= 4 is 28.9 Å². The van der Waals surface area contributed by atoms with Crippen molar-refractivity contribution in [3.05, 3.63) is 30.0 Å². The molecule has 1 aromatic heterocycles. The lowest BCUT2D eigenvalue weighted by molar-refractivity contribution is -0.147. The highest BCUT2D eigenvalue weighted by atomic mass is 16.6. The number of fused-ring (bicyclic) bond motifs is 1. The Morgan fingerprint density at radius 2 is 2.00 bits per heavy atom. The topological polar surface area (TPSA) is 104 Å². The van der Waals surface area contributed by atoms with E-state index in [0.29, 0.717) is 16.9 Å². The molecular weight excluding hydrogens is 318 g/mol. The number of hydrogen-bond donors (Lipinski definition) is 1. The smallest absolute Gasteiger partial charge is 0.413 e. The van der Waals surface area contributed by atoms with Crippen LogP contribution in [0.15, 0.2) is 28.9 Å². The van der Waals surface area contributed by atoms with E-state index >= 15 is 0 Å². The van der Waals surface area contributed by atoms with Gasteiger partial charge in [-0.2, -0.15) is 0 Å². The number of hydrogen-bond acceptors (Lipinski definition) is 7. The molecule has 0 radical (unpaired) electrons. The van der Waals surface area contributed by atoms with Gasteiger partial charge in [0, 0.05) is 17.0 Å². The maximum absolute atomic E-state index is 11.8. The molecule has 8 heteroatoms. The number of carbonyl (C=O) groups excluding carboxylic acids is 3. The second-order valence-corrected chi connectivity index (χ2v) is 4.73. The Kier molecular flexibility index (Phi) is 5.78. The summed E-state index contributed by atoms with van der Waals surface area (Å²) in [7, 11) is 1.55. The Labute approximate surface area is 137 Å². The van der Waals surface area contributed by atoms with E-state index in [1.807, 2.05) is 5.32 Å². The van der Waals surface area contributed by atoms with Crippen LogP contribution < -0.4 is 10.1 Å². The number of esters is 1. The average molecular weight is 335 g/mol. The van der Waals surface area contributed by atoms with Gasteiger partial charge >= 0.3 is 12.1 Å². The van der Waals surface area contributed by atoms with Crippen molar-refractivity contribution in [1.82, 2.24) is 5.32 Å². The number of nitrogens with one attached hydrogen (secondary N) is 1. The molecule has 0 atom stereocenters.